The zero-order valence-electron chi connectivity index (χ0n) is 19.3. The van der Waals surface area contributed by atoms with E-state index in [0.717, 1.165) is 15.7 Å². The number of anilines is 1. The zero-order valence-corrected chi connectivity index (χ0v) is 20.0. The molecule has 1 aliphatic carbocycles. The number of ether oxygens (including phenoxy) is 1. The Kier molecular flexibility index (Phi) is 4.59. The number of ketones is 2. The molecule has 2 amide bonds. The molecule has 7 rings (SSSR count). The van der Waals surface area contributed by atoms with Crippen molar-refractivity contribution in [2.75, 3.05) is 4.90 Å². The standard InChI is InChI=1S/C30H18ClNO5/c31-18-14-12-17(13-15-18)25-23-24(30(37-25)26(33)20-9-3-4-10-21(20)27(30)34)29(36)32(28(23)35)22-11-5-7-16-6-1-2-8-19(16)22/h1-15,23-25H/t23-,24-,25+/m1/s1. The van der Waals surface area contributed by atoms with Crippen LogP contribution in [0.2, 0.25) is 5.02 Å². The minimum Gasteiger partial charge on any atom is -0.349 e. The monoisotopic (exact) mass is 507 g/mol. The molecule has 2 fully saturated rings. The van der Waals surface area contributed by atoms with Crippen molar-refractivity contribution in [1.29, 1.82) is 0 Å². The van der Waals surface area contributed by atoms with Gasteiger partial charge in [-0.25, -0.2) is 4.90 Å². The molecule has 2 heterocycles. The number of imide groups is 1. The first-order valence-electron chi connectivity index (χ1n) is 11.9. The molecule has 3 atom stereocenters. The minimum atomic E-state index is -2.11. The van der Waals surface area contributed by atoms with Crippen LogP contribution < -0.4 is 4.90 Å². The van der Waals surface area contributed by atoms with Gasteiger partial charge in [-0.05, 0) is 29.1 Å². The lowest BCUT2D eigenvalue weighted by Gasteiger charge is -2.27. The molecule has 2 saturated heterocycles. The number of nitrogens with zero attached hydrogens (tertiary/aromatic N) is 1. The van der Waals surface area contributed by atoms with Crippen LogP contribution in [0.25, 0.3) is 10.8 Å². The Bertz CT molecular complexity index is 1640. The topological polar surface area (TPSA) is 80.8 Å². The van der Waals surface area contributed by atoms with Gasteiger partial charge in [-0.2, -0.15) is 0 Å². The maximum atomic E-state index is 14.2. The van der Waals surface area contributed by atoms with Crippen molar-refractivity contribution >= 4 is 51.4 Å². The van der Waals surface area contributed by atoms with Crippen molar-refractivity contribution < 1.29 is 23.9 Å². The van der Waals surface area contributed by atoms with Gasteiger partial charge in [-0.3, -0.25) is 19.2 Å². The molecular weight excluding hydrogens is 490 g/mol. The third-order valence-electron chi connectivity index (χ3n) is 7.73. The second-order valence-corrected chi connectivity index (χ2v) is 9.98. The Morgan fingerprint density at radius 3 is 2.03 bits per heavy atom. The fourth-order valence-corrected chi connectivity index (χ4v) is 6.24. The van der Waals surface area contributed by atoms with Crippen LogP contribution in [0.15, 0.2) is 91.0 Å². The van der Waals surface area contributed by atoms with Crippen LogP contribution in [-0.2, 0) is 14.3 Å². The second-order valence-electron chi connectivity index (χ2n) is 9.54. The number of carbonyl (C=O) groups is 4. The number of hydrogen-bond acceptors (Lipinski definition) is 5. The average molecular weight is 508 g/mol. The average Bonchev–Trinajstić information content (AvgIpc) is 3.49. The highest BCUT2D eigenvalue weighted by molar-refractivity contribution is 6.37. The van der Waals surface area contributed by atoms with E-state index in [2.05, 4.69) is 0 Å². The summed E-state index contributed by atoms with van der Waals surface area (Å²) < 4.78 is 6.31. The first-order chi connectivity index (χ1) is 17.9. The second kappa shape index (κ2) is 7.68. The van der Waals surface area contributed by atoms with Gasteiger partial charge in [0.15, 0.2) is 0 Å². The van der Waals surface area contributed by atoms with Crippen LogP contribution in [0.3, 0.4) is 0 Å². The zero-order chi connectivity index (χ0) is 25.5. The molecule has 0 aromatic heterocycles. The molecule has 7 heteroatoms. The lowest BCUT2D eigenvalue weighted by atomic mass is 9.77. The van der Waals surface area contributed by atoms with Crippen LogP contribution >= 0.6 is 11.6 Å². The van der Waals surface area contributed by atoms with E-state index in [9.17, 15) is 19.2 Å². The molecule has 180 valence electrons. The molecule has 2 aliphatic heterocycles. The van der Waals surface area contributed by atoms with Gasteiger partial charge in [0, 0.05) is 21.5 Å². The summed E-state index contributed by atoms with van der Waals surface area (Å²) in [5.41, 5.74) is -0.722. The Morgan fingerprint density at radius 1 is 0.703 bits per heavy atom. The number of benzene rings is 4. The van der Waals surface area contributed by atoms with Gasteiger partial charge < -0.3 is 4.74 Å². The number of carbonyl (C=O) groups excluding carboxylic acids is 4. The molecule has 0 saturated carbocycles. The van der Waals surface area contributed by atoms with Crippen molar-refractivity contribution in [1.82, 2.24) is 0 Å². The third kappa shape index (κ3) is 2.79. The first kappa shape index (κ1) is 22.1. The maximum Gasteiger partial charge on any atom is 0.241 e. The van der Waals surface area contributed by atoms with Gasteiger partial charge in [0.05, 0.1) is 23.6 Å². The van der Waals surface area contributed by atoms with E-state index in [1.54, 1.807) is 60.7 Å². The molecule has 1 spiro atoms. The summed E-state index contributed by atoms with van der Waals surface area (Å²) in [6, 6.07) is 25.9. The van der Waals surface area contributed by atoms with E-state index in [0.29, 0.717) is 16.3 Å². The van der Waals surface area contributed by atoms with Gasteiger partial charge in [0.25, 0.3) is 0 Å². The highest BCUT2D eigenvalue weighted by atomic mass is 35.5. The summed E-state index contributed by atoms with van der Waals surface area (Å²) in [6.07, 6.45) is -0.985. The number of fused-ring (bicyclic) bond motifs is 4. The Morgan fingerprint density at radius 2 is 1.32 bits per heavy atom. The molecule has 4 aromatic carbocycles. The smallest absolute Gasteiger partial charge is 0.241 e. The first-order valence-corrected chi connectivity index (χ1v) is 12.3. The lowest BCUT2D eigenvalue weighted by molar-refractivity contribution is -0.127. The van der Waals surface area contributed by atoms with Crippen molar-refractivity contribution in [3.8, 4) is 0 Å². The molecule has 0 radical (unpaired) electrons. The third-order valence-corrected chi connectivity index (χ3v) is 7.98. The fraction of sp³-hybridized carbons (Fsp3) is 0.133. The summed E-state index contributed by atoms with van der Waals surface area (Å²) in [7, 11) is 0. The predicted molar refractivity (Wildman–Crippen MR) is 137 cm³/mol. The van der Waals surface area contributed by atoms with E-state index < -0.39 is 46.9 Å². The highest BCUT2D eigenvalue weighted by Gasteiger charge is 2.74. The quantitative estimate of drug-likeness (QED) is 0.275. The predicted octanol–water partition coefficient (Wildman–Crippen LogP) is 5.19. The molecule has 6 nitrogen and oxygen atoms in total. The Balaban J connectivity index is 1.44. The molecule has 0 unspecified atom stereocenters. The van der Waals surface area contributed by atoms with Gasteiger partial charge in [-0.15, -0.1) is 0 Å². The SMILES string of the molecule is O=C1[C@H]2[C@H](c3ccc(Cl)cc3)OC3(C(=O)c4ccccc4C3=O)[C@H]2C(=O)N1c1cccc2ccccc12. The number of amides is 2. The maximum absolute atomic E-state index is 14.2. The number of halogens is 1. The van der Waals surface area contributed by atoms with Crippen LogP contribution in [0, 0.1) is 11.8 Å². The fourth-order valence-electron chi connectivity index (χ4n) is 6.11. The van der Waals surface area contributed by atoms with Crippen molar-refractivity contribution in [3.05, 3.63) is 113 Å². The van der Waals surface area contributed by atoms with Crippen molar-refractivity contribution in [2.24, 2.45) is 11.8 Å². The summed E-state index contributed by atoms with van der Waals surface area (Å²) >= 11 is 6.09. The van der Waals surface area contributed by atoms with E-state index >= 15 is 0 Å². The molecule has 37 heavy (non-hydrogen) atoms. The Labute approximate surface area is 216 Å². The Hall–Kier alpha value is -4.13. The van der Waals surface area contributed by atoms with Crippen LogP contribution in [0.4, 0.5) is 5.69 Å². The van der Waals surface area contributed by atoms with Gasteiger partial charge in [-0.1, -0.05) is 84.4 Å². The molecule has 4 aromatic rings. The van der Waals surface area contributed by atoms with Crippen LogP contribution in [0.1, 0.15) is 32.4 Å². The number of Topliss-reactive ketones (excluding diaryl/α,β-unsaturated/α-hetero) is 2. The van der Waals surface area contributed by atoms with Crippen molar-refractivity contribution in [3.63, 3.8) is 0 Å². The summed E-state index contributed by atoms with van der Waals surface area (Å²) in [5, 5.41) is 2.06. The van der Waals surface area contributed by atoms with E-state index in [4.69, 9.17) is 16.3 Å². The van der Waals surface area contributed by atoms with E-state index in [1.807, 2.05) is 30.3 Å². The van der Waals surface area contributed by atoms with E-state index in [-0.39, 0.29) is 11.1 Å². The van der Waals surface area contributed by atoms with Gasteiger partial charge >= 0.3 is 0 Å². The van der Waals surface area contributed by atoms with Crippen LogP contribution in [-0.4, -0.2) is 29.0 Å². The van der Waals surface area contributed by atoms with E-state index in [1.165, 1.54) is 0 Å². The number of rotatable bonds is 2. The summed E-state index contributed by atoms with van der Waals surface area (Å²) in [4.78, 5) is 57.1. The normalized spacial score (nSPS) is 23.8. The molecule has 3 aliphatic rings. The van der Waals surface area contributed by atoms with Gasteiger partial charge in [0.1, 0.15) is 0 Å². The largest absolute Gasteiger partial charge is 0.349 e. The molecule has 0 N–H and O–H groups in total. The summed E-state index contributed by atoms with van der Waals surface area (Å²) in [5.74, 6) is -4.64. The van der Waals surface area contributed by atoms with Gasteiger partial charge in [0.2, 0.25) is 29.0 Å². The lowest BCUT2D eigenvalue weighted by Crippen LogP contribution is -2.51. The molecule has 0 bridgehead atoms. The highest BCUT2D eigenvalue weighted by Crippen LogP contribution is 2.58. The van der Waals surface area contributed by atoms with Crippen LogP contribution in [0.5, 0.6) is 0 Å². The molecular formula is C30H18ClNO5. The van der Waals surface area contributed by atoms with Crippen molar-refractivity contribution in [2.45, 2.75) is 11.7 Å². The minimum absolute atomic E-state index is 0.201. The summed E-state index contributed by atoms with van der Waals surface area (Å²) in [6.45, 7) is 0. The number of hydrogen-bond donors (Lipinski definition) is 0.